The highest BCUT2D eigenvalue weighted by atomic mass is 35.5. The largest absolute Gasteiger partial charge is 0.399 e. The van der Waals surface area contributed by atoms with Crippen molar-refractivity contribution in [2.45, 2.75) is 20.0 Å². The molecular formula is C13H16ClN3O. The lowest BCUT2D eigenvalue weighted by Crippen LogP contribution is -2.17. The van der Waals surface area contributed by atoms with Gasteiger partial charge in [0.2, 0.25) is 0 Å². The molecule has 1 aromatic heterocycles. The average molecular weight is 266 g/mol. The fourth-order valence-electron chi connectivity index (χ4n) is 1.83. The number of rotatable bonds is 4. The number of hydrogen-bond donors (Lipinski definition) is 1. The first-order valence-corrected chi connectivity index (χ1v) is 6.07. The van der Waals surface area contributed by atoms with Gasteiger partial charge in [0, 0.05) is 29.9 Å². The maximum absolute atomic E-state index is 6.13. The third-order valence-corrected chi connectivity index (χ3v) is 2.99. The van der Waals surface area contributed by atoms with Gasteiger partial charge in [-0.15, -0.1) is 0 Å². The molecule has 1 aromatic carbocycles. The van der Waals surface area contributed by atoms with E-state index >= 15 is 0 Å². The van der Waals surface area contributed by atoms with Gasteiger partial charge < -0.3 is 10.3 Å². The lowest BCUT2D eigenvalue weighted by molar-refractivity contribution is 0.302. The van der Waals surface area contributed by atoms with Crippen LogP contribution in [0.5, 0.6) is 0 Å². The van der Waals surface area contributed by atoms with Crippen LogP contribution in [0.3, 0.4) is 0 Å². The van der Waals surface area contributed by atoms with Crippen LogP contribution < -0.4 is 5.73 Å². The third kappa shape index (κ3) is 3.24. The van der Waals surface area contributed by atoms with Gasteiger partial charge in [-0.25, -0.2) is 0 Å². The normalized spacial score (nSPS) is 11.1. The minimum Gasteiger partial charge on any atom is -0.399 e. The molecule has 0 fully saturated rings. The summed E-state index contributed by atoms with van der Waals surface area (Å²) in [6.07, 6.45) is 0. The standard InChI is InChI=1S/C13H16ClN3O/c1-9-5-12(16-18-9)8-17(2)7-10-6-11(15)3-4-13(10)14/h3-6H,7-8,15H2,1-2H3. The molecule has 0 spiro atoms. The Balaban J connectivity index is 2.02. The maximum Gasteiger partial charge on any atom is 0.133 e. The summed E-state index contributed by atoms with van der Waals surface area (Å²) in [4.78, 5) is 2.11. The van der Waals surface area contributed by atoms with Crippen molar-refractivity contribution in [3.05, 3.63) is 46.3 Å². The predicted octanol–water partition coefficient (Wildman–Crippen LogP) is 2.85. The molecule has 2 aromatic rings. The van der Waals surface area contributed by atoms with E-state index in [1.807, 2.05) is 32.2 Å². The van der Waals surface area contributed by atoms with E-state index in [2.05, 4.69) is 10.1 Å². The van der Waals surface area contributed by atoms with Crippen molar-refractivity contribution in [1.29, 1.82) is 0 Å². The second-order valence-electron chi connectivity index (χ2n) is 4.45. The first-order valence-electron chi connectivity index (χ1n) is 5.69. The Hall–Kier alpha value is -1.52. The van der Waals surface area contributed by atoms with Crippen molar-refractivity contribution in [1.82, 2.24) is 10.1 Å². The van der Waals surface area contributed by atoms with Gasteiger partial charge in [-0.1, -0.05) is 16.8 Å². The fourth-order valence-corrected chi connectivity index (χ4v) is 2.01. The zero-order chi connectivity index (χ0) is 13.1. The molecule has 0 aliphatic carbocycles. The van der Waals surface area contributed by atoms with Gasteiger partial charge in [-0.2, -0.15) is 0 Å². The molecular weight excluding hydrogens is 250 g/mol. The van der Waals surface area contributed by atoms with Crippen molar-refractivity contribution in [2.24, 2.45) is 0 Å². The topological polar surface area (TPSA) is 55.3 Å². The van der Waals surface area contributed by atoms with Crippen LogP contribution in [0.15, 0.2) is 28.8 Å². The number of aromatic nitrogens is 1. The van der Waals surface area contributed by atoms with Gasteiger partial charge in [0.05, 0.1) is 5.69 Å². The molecule has 2 N–H and O–H groups in total. The van der Waals surface area contributed by atoms with Crippen LogP contribution in [0, 0.1) is 6.92 Å². The summed E-state index contributed by atoms with van der Waals surface area (Å²) in [6, 6.07) is 7.44. The first kappa shape index (κ1) is 12.9. The summed E-state index contributed by atoms with van der Waals surface area (Å²) in [7, 11) is 2.00. The van der Waals surface area contributed by atoms with E-state index in [0.717, 1.165) is 34.3 Å². The molecule has 96 valence electrons. The Morgan fingerprint density at radius 2 is 2.11 bits per heavy atom. The summed E-state index contributed by atoms with van der Waals surface area (Å²) < 4.78 is 5.04. The number of benzene rings is 1. The molecule has 0 saturated carbocycles. The summed E-state index contributed by atoms with van der Waals surface area (Å²) >= 11 is 6.13. The quantitative estimate of drug-likeness (QED) is 0.864. The second-order valence-corrected chi connectivity index (χ2v) is 4.86. The van der Waals surface area contributed by atoms with Gasteiger partial charge in [0.1, 0.15) is 5.76 Å². The summed E-state index contributed by atoms with van der Waals surface area (Å²) in [6.45, 7) is 3.31. The van der Waals surface area contributed by atoms with Crippen LogP contribution >= 0.6 is 11.6 Å². The molecule has 0 radical (unpaired) electrons. The summed E-state index contributed by atoms with van der Waals surface area (Å²) in [5.74, 6) is 0.820. The Kier molecular flexibility index (Phi) is 3.89. The second kappa shape index (κ2) is 5.42. The SMILES string of the molecule is Cc1cc(CN(C)Cc2cc(N)ccc2Cl)no1. The van der Waals surface area contributed by atoms with E-state index < -0.39 is 0 Å². The Morgan fingerprint density at radius 3 is 2.78 bits per heavy atom. The zero-order valence-corrected chi connectivity index (χ0v) is 11.2. The minimum atomic E-state index is 0.711. The molecule has 18 heavy (non-hydrogen) atoms. The van der Waals surface area contributed by atoms with E-state index in [1.165, 1.54) is 0 Å². The van der Waals surface area contributed by atoms with Gasteiger partial charge in [0.25, 0.3) is 0 Å². The van der Waals surface area contributed by atoms with Crippen LogP contribution in [0.1, 0.15) is 17.0 Å². The van der Waals surface area contributed by atoms with E-state index in [1.54, 1.807) is 6.07 Å². The number of nitrogen functional groups attached to an aromatic ring is 1. The van der Waals surface area contributed by atoms with Crippen molar-refractivity contribution >= 4 is 17.3 Å². The van der Waals surface area contributed by atoms with Crippen LogP contribution in [-0.2, 0) is 13.1 Å². The van der Waals surface area contributed by atoms with Gasteiger partial charge >= 0.3 is 0 Å². The maximum atomic E-state index is 6.13. The van der Waals surface area contributed by atoms with E-state index in [0.29, 0.717) is 6.54 Å². The number of nitrogens with two attached hydrogens (primary N) is 1. The molecule has 0 amide bonds. The van der Waals surface area contributed by atoms with E-state index in [9.17, 15) is 0 Å². The smallest absolute Gasteiger partial charge is 0.133 e. The van der Waals surface area contributed by atoms with Crippen molar-refractivity contribution in [3.8, 4) is 0 Å². The Morgan fingerprint density at radius 1 is 1.33 bits per heavy atom. The van der Waals surface area contributed by atoms with E-state index in [4.69, 9.17) is 21.9 Å². The number of hydrogen-bond acceptors (Lipinski definition) is 4. The zero-order valence-electron chi connectivity index (χ0n) is 10.5. The average Bonchev–Trinajstić information content (AvgIpc) is 2.69. The highest BCUT2D eigenvalue weighted by Crippen LogP contribution is 2.20. The van der Waals surface area contributed by atoms with Crippen LogP contribution in [0.4, 0.5) is 5.69 Å². The van der Waals surface area contributed by atoms with Gasteiger partial charge in [-0.3, -0.25) is 4.90 Å². The molecule has 4 nitrogen and oxygen atoms in total. The number of nitrogens with zero attached hydrogens (tertiary/aromatic N) is 2. The highest BCUT2D eigenvalue weighted by Gasteiger charge is 2.08. The van der Waals surface area contributed by atoms with E-state index in [-0.39, 0.29) is 0 Å². The van der Waals surface area contributed by atoms with Crippen LogP contribution in [-0.4, -0.2) is 17.1 Å². The molecule has 1 heterocycles. The summed E-state index contributed by atoms with van der Waals surface area (Å²) in [5, 5.41) is 4.69. The molecule has 0 aliphatic rings. The molecule has 2 rings (SSSR count). The lowest BCUT2D eigenvalue weighted by Gasteiger charge is -2.16. The third-order valence-electron chi connectivity index (χ3n) is 2.62. The number of anilines is 1. The molecule has 0 atom stereocenters. The van der Waals surface area contributed by atoms with Crippen LogP contribution in [0.25, 0.3) is 0 Å². The van der Waals surface area contributed by atoms with Crippen LogP contribution in [0.2, 0.25) is 5.02 Å². The van der Waals surface area contributed by atoms with Gasteiger partial charge in [-0.05, 0) is 37.7 Å². The van der Waals surface area contributed by atoms with Crippen molar-refractivity contribution < 1.29 is 4.52 Å². The highest BCUT2D eigenvalue weighted by molar-refractivity contribution is 6.31. The Bertz CT molecular complexity index is 539. The fraction of sp³-hybridized carbons (Fsp3) is 0.308. The molecule has 0 unspecified atom stereocenters. The molecule has 0 saturated heterocycles. The molecule has 0 bridgehead atoms. The number of halogens is 1. The van der Waals surface area contributed by atoms with Crippen molar-refractivity contribution in [3.63, 3.8) is 0 Å². The first-order chi connectivity index (χ1) is 8.54. The summed E-state index contributed by atoms with van der Waals surface area (Å²) in [5.41, 5.74) is 8.40. The number of aryl methyl sites for hydroxylation is 1. The predicted molar refractivity (Wildman–Crippen MR) is 72.3 cm³/mol. The monoisotopic (exact) mass is 265 g/mol. The van der Waals surface area contributed by atoms with Crippen molar-refractivity contribution in [2.75, 3.05) is 12.8 Å². The minimum absolute atomic E-state index is 0.711. The Labute approximate surface area is 111 Å². The van der Waals surface area contributed by atoms with Gasteiger partial charge in [0.15, 0.2) is 0 Å². The molecule has 5 heteroatoms. The lowest BCUT2D eigenvalue weighted by atomic mass is 10.2. The molecule has 0 aliphatic heterocycles.